The van der Waals surface area contributed by atoms with E-state index < -0.39 is 0 Å². The molecule has 0 bridgehead atoms. The van der Waals surface area contributed by atoms with Crippen LogP contribution < -0.4 is 5.32 Å². The lowest BCUT2D eigenvalue weighted by atomic mass is 9.92. The van der Waals surface area contributed by atoms with Crippen molar-refractivity contribution >= 4 is 28.5 Å². The predicted octanol–water partition coefficient (Wildman–Crippen LogP) is 3.47. The van der Waals surface area contributed by atoms with Crippen molar-refractivity contribution in [2.24, 2.45) is 11.8 Å². The smallest absolute Gasteiger partial charge is 0.289 e. The van der Waals surface area contributed by atoms with Crippen LogP contribution in [0.2, 0.25) is 5.02 Å². The molecule has 1 amide bonds. The first-order chi connectivity index (χ1) is 11.1. The van der Waals surface area contributed by atoms with E-state index in [1.54, 1.807) is 6.07 Å². The molecule has 23 heavy (non-hydrogen) atoms. The molecular weight excluding hydrogens is 312 g/mol. The topological polar surface area (TPSA) is 45.5 Å². The van der Waals surface area contributed by atoms with Gasteiger partial charge in [-0.05, 0) is 62.9 Å². The molecule has 2 aliphatic rings. The Bertz CT molecular complexity index is 741. The summed E-state index contributed by atoms with van der Waals surface area (Å²) >= 11 is 6.06. The summed E-state index contributed by atoms with van der Waals surface area (Å²) in [6.07, 6.45) is 2.16. The van der Waals surface area contributed by atoms with Crippen LogP contribution in [0.25, 0.3) is 11.0 Å². The first-order valence-corrected chi connectivity index (χ1v) is 8.70. The predicted molar refractivity (Wildman–Crippen MR) is 90.9 cm³/mol. The maximum absolute atomic E-state index is 12.9. The van der Waals surface area contributed by atoms with Crippen molar-refractivity contribution in [1.29, 1.82) is 0 Å². The van der Waals surface area contributed by atoms with Crippen LogP contribution in [-0.4, -0.2) is 37.0 Å². The molecule has 122 valence electrons. The molecule has 1 aromatic carbocycles. The van der Waals surface area contributed by atoms with Gasteiger partial charge in [0.1, 0.15) is 5.58 Å². The lowest BCUT2D eigenvalue weighted by Crippen LogP contribution is -2.32. The molecule has 2 aromatic rings. The molecule has 0 aliphatic carbocycles. The minimum Gasteiger partial charge on any atom is -0.451 e. The maximum Gasteiger partial charge on any atom is 0.289 e. The number of furan rings is 1. The summed E-state index contributed by atoms with van der Waals surface area (Å²) in [4.78, 5) is 14.9. The summed E-state index contributed by atoms with van der Waals surface area (Å²) in [5, 5.41) is 5.06. The zero-order valence-electron chi connectivity index (χ0n) is 13.3. The number of carbonyl (C=O) groups excluding carboxylic acids is 1. The SMILES string of the molecule is Cc1c(C(=O)N2CC[C@@H]3CNC[C@@H]3CC2)oc2ccc(Cl)cc12. The number of fused-ring (bicyclic) bond motifs is 2. The van der Waals surface area contributed by atoms with E-state index >= 15 is 0 Å². The van der Waals surface area contributed by atoms with Gasteiger partial charge >= 0.3 is 0 Å². The molecule has 1 N–H and O–H groups in total. The molecule has 4 rings (SSSR count). The van der Waals surface area contributed by atoms with Crippen molar-refractivity contribution < 1.29 is 9.21 Å². The normalized spacial score (nSPS) is 24.7. The highest BCUT2D eigenvalue weighted by molar-refractivity contribution is 6.31. The lowest BCUT2D eigenvalue weighted by Gasteiger charge is -2.20. The fourth-order valence-corrected chi connectivity index (χ4v) is 4.13. The van der Waals surface area contributed by atoms with Crippen molar-refractivity contribution in [2.45, 2.75) is 19.8 Å². The average molecular weight is 333 g/mol. The highest BCUT2D eigenvalue weighted by Gasteiger charge is 2.33. The molecular formula is C18H21ClN2O2. The van der Waals surface area contributed by atoms with Crippen LogP contribution in [0, 0.1) is 18.8 Å². The first-order valence-electron chi connectivity index (χ1n) is 8.32. The average Bonchev–Trinajstić information content (AvgIpc) is 3.06. The van der Waals surface area contributed by atoms with Crippen LogP contribution in [0.5, 0.6) is 0 Å². The zero-order chi connectivity index (χ0) is 16.0. The maximum atomic E-state index is 12.9. The number of carbonyl (C=O) groups is 1. The second-order valence-corrected chi connectivity index (χ2v) is 7.18. The van der Waals surface area contributed by atoms with Gasteiger partial charge in [-0.25, -0.2) is 0 Å². The molecule has 3 heterocycles. The molecule has 0 unspecified atom stereocenters. The van der Waals surface area contributed by atoms with Crippen molar-refractivity contribution in [3.05, 3.63) is 34.5 Å². The fourth-order valence-electron chi connectivity index (χ4n) is 3.96. The number of benzene rings is 1. The van der Waals surface area contributed by atoms with Crippen LogP contribution >= 0.6 is 11.6 Å². The van der Waals surface area contributed by atoms with E-state index in [4.69, 9.17) is 16.0 Å². The van der Waals surface area contributed by atoms with Crippen LogP contribution in [-0.2, 0) is 0 Å². The number of likely N-dealkylation sites (tertiary alicyclic amines) is 1. The van der Waals surface area contributed by atoms with Gasteiger partial charge in [-0.2, -0.15) is 0 Å². The third-order valence-electron chi connectivity index (χ3n) is 5.40. The number of hydrogen-bond donors (Lipinski definition) is 1. The van der Waals surface area contributed by atoms with Gasteiger partial charge in [0.25, 0.3) is 5.91 Å². The molecule has 2 fully saturated rings. The van der Waals surface area contributed by atoms with E-state index in [9.17, 15) is 4.79 Å². The summed E-state index contributed by atoms with van der Waals surface area (Å²) in [5.41, 5.74) is 1.62. The molecule has 0 spiro atoms. The Morgan fingerprint density at radius 2 is 1.96 bits per heavy atom. The second kappa shape index (κ2) is 5.84. The Morgan fingerprint density at radius 1 is 1.26 bits per heavy atom. The highest BCUT2D eigenvalue weighted by atomic mass is 35.5. The van der Waals surface area contributed by atoms with Gasteiger partial charge in [0, 0.05) is 29.1 Å². The minimum absolute atomic E-state index is 0.0164. The van der Waals surface area contributed by atoms with Gasteiger partial charge in [0.2, 0.25) is 0 Å². The largest absolute Gasteiger partial charge is 0.451 e. The zero-order valence-corrected chi connectivity index (χ0v) is 14.0. The summed E-state index contributed by atoms with van der Waals surface area (Å²) in [6.45, 7) is 5.76. The summed E-state index contributed by atoms with van der Waals surface area (Å²) in [7, 11) is 0. The van der Waals surface area contributed by atoms with Crippen LogP contribution in [0.1, 0.15) is 29.0 Å². The molecule has 0 saturated carbocycles. The number of aryl methyl sites for hydroxylation is 1. The van der Waals surface area contributed by atoms with E-state index in [2.05, 4.69) is 5.32 Å². The third-order valence-corrected chi connectivity index (χ3v) is 5.63. The van der Waals surface area contributed by atoms with Gasteiger partial charge in [0.05, 0.1) is 0 Å². The highest BCUT2D eigenvalue weighted by Crippen LogP contribution is 2.31. The molecule has 2 aliphatic heterocycles. The third kappa shape index (κ3) is 2.64. The Kier molecular flexibility index (Phi) is 3.82. The molecule has 2 saturated heterocycles. The second-order valence-electron chi connectivity index (χ2n) is 6.74. The standard InChI is InChI=1S/C18H21ClN2O2/c1-11-15-8-14(19)2-3-16(15)23-17(11)18(22)21-6-4-12-9-20-10-13(12)5-7-21/h2-3,8,12-13,20H,4-7,9-10H2,1H3/t12-,13+. The van der Waals surface area contributed by atoms with Gasteiger partial charge in [-0.1, -0.05) is 11.6 Å². The number of halogens is 1. The molecule has 4 nitrogen and oxygen atoms in total. The first kappa shape index (κ1) is 15.0. The van der Waals surface area contributed by atoms with Gasteiger partial charge in [-0.3, -0.25) is 4.79 Å². The van der Waals surface area contributed by atoms with Crippen molar-refractivity contribution in [2.75, 3.05) is 26.2 Å². The lowest BCUT2D eigenvalue weighted by molar-refractivity contribution is 0.0728. The van der Waals surface area contributed by atoms with E-state index in [1.807, 2.05) is 24.0 Å². The van der Waals surface area contributed by atoms with Crippen molar-refractivity contribution in [3.63, 3.8) is 0 Å². The van der Waals surface area contributed by atoms with Gasteiger partial charge < -0.3 is 14.6 Å². The summed E-state index contributed by atoms with van der Waals surface area (Å²) < 4.78 is 5.84. The Labute approximate surface area is 140 Å². The van der Waals surface area contributed by atoms with Crippen molar-refractivity contribution in [1.82, 2.24) is 10.2 Å². The van der Waals surface area contributed by atoms with E-state index in [-0.39, 0.29) is 5.91 Å². The van der Waals surface area contributed by atoms with Crippen LogP contribution in [0.15, 0.2) is 22.6 Å². The van der Waals surface area contributed by atoms with Gasteiger partial charge in [-0.15, -0.1) is 0 Å². The molecule has 0 radical (unpaired) electrons. The number of rotatable bonds is 1. The fraction of sp³-hybridized carbons (Fsp3) is 0.500. The monoisotopic (exact) mass is 332 g/mol. The molecule has 1 aromatic heterocycles. The number of hydrogen-bond acceptors (Lipinski definition) is 3. The Balaban J connectivity index is 1.60. The number of nitrogens with one attached hydrogen (secondary N) is 1. The van der Waals surface area contributed by atoms with Crippen molar-refractivity contribution in [3.8, 4) is 0 Å². The molecule has 5 heteroatoms. The molecule has 2 atom stereocenters. The summed E-state index contributed by atoms with van der Waals surface area (Å²) in [5.74, 6) is 1.90. The number of nitrogens with zero attached hydrogens (tertiary/aromatic N) is 1. The van der Waals surface area contributed by atoms with E-state index in [0.717, 1.165) is 55.6 Å². The van der Waals surface area contributed by atoms with Gasteiger partial charge in [0.15, 0.2) is 5.76 Å². The number of amides is 1. The Morgan fingerprint density at radius 3 is 2.65 bits per heavy atom. The quantitative estimate of drug-likeness (QED) is 0.869. The summed E-state index contributed by atoms with van der Waals surface area (Å²) in [6, 6.07) is 5.49. The Hall–Kier alpha value is -1.52. The van der Waals surface area contributed by atoms with E-state index in [1.165, 1.54) is 0 Å². The van der Waals surface area contributed by atoms with Crippen LogP contribution in [0.3, 0.4) is 0 Å². The van der Waals surface area contributed by atoms with Crippen LogP contribution in [0.4, 0.5) is 0 Å². The minimum atomic E-state index is 0.0164. The van der Waals surface area contributed by atoms with E-state index in [0.29, 0.717) is 22.6 Å².